The molecule has 2 aromatic carbocycles. The van der Waals surface area contributed by atoms with Gasteiger partial charge in [-0.05, 0) is 55.2 Å². The average molecular weight is 496 g/mol. The first-order valence-corrected chi connectivity index (χ1v) is 11.8. The van der Waals surface area contributed by atoms with Crippen molar-refractivity contribution < 1.29 is 27.5 Å². The molecular weight excluding hydrogens is 471 g/mol. The van der Waals surface area contributed by atoms with E-state index in [1.54, 1.807) is 18.3 Å². The minimum absolute atomic E-state index is 0.182. The van der Waals surface area contributed by atoms with Gasteiger partial charge >= 0.3 is 6.18 Å². The Morgan fingerprint density at radius 1 is 1.08 bits per heavy atom. The Kier molecular flexibility index (Phi) is 6.49. The van der Waals surface area contributed by atoms with Crippen molar-refractivity contribution >= 4 is 39.7 Å². The first kappa shape index (κ1) is 24.0. The predicted octanol–water partition coefficient (Wildman–Crippen LogP) is 5.44. The summed E-state index contributed by atoms with van der Waals surface area (Å²) in [4.78, 5) is 31.8. The average Bonchev–Trinajstić information content (AvgIpc) is 2.88. The second-order valence-electron chi connectivity index (χ2n) is 8.93. The molecule has 1 fully saturated rings. The zero-order chi connectivity index (χ0) is 25.3. The molecule has 2 aliphatic rings. The monoisotopic (exact) mass is 495 g/mol. The molecule has 1 aromatic heterocycles. The van der Waals surface area contributed by atoms with Crippen molar-refractivity contribution in [2.45, 2.75) is 25.4 Å². The molecule has 9 heteroatoms. The first-order valence-electron chi connectivity index (χ1n) is 11.8. The number of pyridine rings is 1. The number of aromatic nitrogens is 1. The van der Waals surface area contributed by atoms with Crippen LogP contribution in [0, 0.1) is 5.92 Å². The van der Waals surface area contributed by atoms with E-state index in [2.05, 4.69) is 10.3 Å². The highest BCUT2D eigenvalue weighted by Gasteiger charge is 2.36. The Labute approximate surface area is 205 Å². The van der Waals surface area contributed by atoms with Crippen molar-refractivity contribution in [1.29, 1.82) is 0 Å². The highest BCUT2D eigenvalue weighted by molar-refractivity contribution is 6.07. The Balaban J connectivity index is 1.44. The number of nitrogens with one attached hydrogen (secondary N) is 1. The van der Waals surface area contributed by atoms with Gasteiger partial charge in [0.1, 0.15) is 0 Å². The van der Waals surface area contributed by atoms with Crippen molar-refractivity contribution in [3.8, 4) is 0 Å². The maximum absolute atomic E-state index is 13.5. The molecule has 6 nitrogen and oxygen atoms in total. The van der Waals surface area contributed by atoms with Gasteiger partial charge in [-0.2, -0.15) is 13.2 Å². The van der Waals surface area contributed by atoms with Crippen LogP contribution in [0.25, 0.3) is 16.5 Å². The summed E-state index contributed by atoms with van der Waals surface area (Å²) in [5.74, 6) is -0.905. The zero-order valence-corrected chi connectivity index (χ0v) is 19.3. The number of ether oxygens (including phenoxy) is 1. The number of nitrogens with zero attached hydrogens (tertiary/aromatic N) is 2. The molecule has 0 atom stereocenters. The number of amides is 2. The lowest BCUT2D eigenvalue weighted by atomic mass is 9.91. The topological polar surface area (TPSA) is 71.5 Å². The molecule has 0 unspecified atom stereocenters. The first-order chi connectivity index (χ1) is 17.3. The molecule has 36 heavy (non-hydrogen) atoms. The van der Waals surface area contributed by atoms with Crippen molar-refractivity contribution in [2.75, 3.05) is 30.0 Å². The molecule has 0 saturated carbocycles. The third-order valence-corrected chi connectivity index (χ3v) is 6.58. The van der Waals surface area contributed by atoms with Gasteiger partial charge in [-0.3, -0.25) is 14.6 Å². The number of alkyl halides is 3. The van der Waals surface area contributed by atoms with Crippen molar-refractivity contribution in [3.63, 3.8) is 0 Å². The fourth-order valence-corrected chi connectivity index (χ4v) is 4.71. The van der Waals surface area contributed by atoms with E-state index < -0.39 is 17.6 Å². The van der Waals surface area contributed by atoms with Crippen LogP contribution in [-0.4, -0.2) is 36.6 Å². The number of carbonyl (C=O) groups is 2. The maximum Gasteiger partial charge on any atom is 0.416 e. The highest BCUT2D eigenvalue weighted by Crippen LogP contribution is 2.40. The Bertz CT molecular complexity index is 1350. The smallest absolute Gasteiger partial charge is 0.381 e. The maximum atomic E-state index is 13.5. The van der Waals surface area contributed by atoms with E-state index in [0.717, 1.165) is 23.0 Å². The van der Waals surface area contributed by atoms with Gasteiger partial charge in [0.15, 0.2) is 0 Å². The van der Waals surface area contributed by atoms with E-state index in [1.165, 1.54) is 17.0 Å². The second kappa shape index (κ2) is 9.73. The Hall–Kier alpha value is -3.72. The standard InChI is InChI=1S/C27H24F3N3O3/c28-27(29,30)20-4-6-22-19(7-11-33(24(22)15-20)26(35)18-8-12-36-13-9-18)14-25(34)32-21-5-3-17-2-1-10-31-23(17)16-21/h1-6,10,14-16,18H,7-9,11-13H2,(H,32,34)/b19-14+. The number of fused-ring (bicyclic) bond motifs is 2. The quantitative estimate of drug-likeness (QED) is 0.492. The van der Waals surface area contributed by atoms with Gasteiger partial charge in [0, 0.05) is 54.6 Å². The molecule has 1 N–H and O–H groups in total. The molecule has 5 rings (SSSR count). The molecule has 3 aromatic rings. The minimum atomic E-state index is -4.55. The van der Waals surface area contributed by atoms with E-state index in [0.29, 0.717) is 49.3 Å². The van der Waals surface area contributed by atoms with Crippen molar-refractivity contribution in [1.82, 2.24) is 4.98 Å². The normalized spacial score (nSPS) is 17.8. The van der Waals surface area contributed by atoms with Gasteiger partial charge in [-0.25, -0.2) is 0 Å². The molecule has 0 spiro atoms. The fourth-order valence-electron chi connectivity index (χ4n) is 4.71. The third-order valence-electron chi connectivity index (χ3n) is 6.58. The molecule has 2 aliphatic heterocycles. The van der Waals surface area contributed by atoms with Crippen molar-refractivity contribution in [3.05, 3.63) is 71.9 Å². The summed E-state index contributed by atoms with van der Waals surface area (Å²) in [6.07, 6.45) is -0.0710. The summed E-state index contributed by atoms with van der Waals surface area (Å²) in [6, 6.07) is 12.4. The van der Waals surface area contributed by atoms with Crippen LogP contribution in [0.1, 0.15) is 30.4 Å². The lowest BCUT2D eigenvalue weighted by Gasteiger charge is -2.35. The molecule has 2 amide bonds. The van der Waals surface area contributed by atoms with Gasteiger partial charge in [0.25, 0.3) is 0 Å². The number of halogens is 3. The SMILES string of the molecule is O=C(/C=C1\CCN(C(=O)C2CCOCC2)c2cc(C(F)(F)F)ccc21)Nc1ccc2cccnc2c1. The van der Waals surface area contributed by atoms with E-state index in [9.17, 15) is 22.8 Å². The highest BCUT2D eigenvalue weighted by atomic mass is 19.4. The van der Waals surface area contributed by atoms with Crippen LogP contribution in [0.4, 0.5) is 24.5 Å². The summed E-state index contributed by atoms with van der Waals surface area (Å²) in [5.41, 5.74) is 1.66. The minimum Gasteiger partial charge on any atom is -0.381 e. The lowest BCUT2D eigenvalue weighted by molar-refractivity contribution is -0.137. The lowest BCUT2D eigenvalue weighted by Crippen LogP contribution is -2.41. The summed E-state index contributed by atoms with van der Waals surface area (Å²) >= 11 is 0. The van der Waals surface area contributed by atoms with Crippen LogP contribution in [0.15, 0.2) is 60.8 Å². The van der Waals surface area contributed by atoms with Crippen LogP contribution in [0.3, 0.4) is 0 Å². The molecule has 0 radical (unpaired) electrons. The molecule has 1 saturated heterocycles. The van der Waals surface area contributed by atoms with Crippen LogP contribution in [0.2, 0.25) is 0 Å². The van der Waals surface area contributed by atoms with E-state index in [1.807, 2.05) is 18.2 Å². The summed E-state index contributed by atoms with van der Waals surface area (Å²) in [5, 5.41) is 3.74. The Morgan fingerprint density at radius 3 is 2.67 bits per heavy atom. The van der Waals surface area contributed by atoms with E-state index in [-0.39, 0.29) is 24.1 Å². The predicted molar refractivity (Wildman–Crippen MR) is 130 cm³/mol. The van der Waals surface area contributed by atoms with Gasteiger partial charge in [-0.15, -0.1) is 0 Å². The van der Waals surface area contributed by atoms with E-state index >= 15 is 0 Å². The molecule has 186 valence electrons. The van der Waals surface area contributed by atoms with Gasteiger partial charge in [0.05, 0.1) is 16.8 Å². The fraction of sp³-hybridized carbons (Fsp3) is 0.296. The largest absolute Gasteiger partial charge is 0.416 e. The van der Waals surface area contributed by atoms with Crippen LogP contribution < -0.4 is 10.2 Å². The third kappa shape index (κ3) is 4.97. The molecule has 0 aliphatic carbocycles. The number of hydrogen-bond donors (Lipinski definition) is 1. The van der Waals surface area contributed by atoms with Crippen LogP contribution in [-0.2, 0) is 20.5 Å². The number of rotatable bonds is 3. The molecule has 0 bridgehead atoms. The van der Waals surface area contributed by atoms with Crippen LogP contribution >= 0.6 is 0 Å². The van der Waals surface area contributed by atoms with Crippen molar-refractivity contribution in [2.24, 2.45) is 5.92 Å². The van der Waals surface area contributed by atoms with Gasteiger partial charge < -0.3 is 15.0 Å². The van der Waals surface area contributed by atoms with Gasteiger partial charge in [0.2, 0.25) is 11.8 Å². The zero-order valence-electron chi connectivity index (χ0n) is 19.3. The van der Waals surface area contributed by atoms with Crippen LogP contribution in [0.5, 0.6) is 0 Å². The molecule has 3 heterocycles. The summed E-state index contributed by atoms with van der Waals surface area (Å²) in [6.45, 7) is 1.11. The number of anilines is 2. The number of carbonyl (C=O) groups excluding carboxylic acids is 2. The summed E-state index contributed by atoms with van der Waals surface area (Å²) < 4.78 is 45.8. The van der Waals surface area contributed by atoms with Gasteiger partial charge in [-0.1, -0.05) is 18.2 Å². The Morgan fingerprint density at radius 2 is 1.89 bits per heavy atom. The number of benzene rings is 2. The summed E-state index contributed by atoms with van der Waals surface area (Å²) in [7, 11) is 0. The number of hydrogen-bond acceptors (Lipinski definition) is 4. The molecular formula is C27H24F3N3O3. The van der Waals surface area contributed by atoms with E-state index in [4.69, 9.17) is 4.74 Å². The second-order valence-corrected chi connectivity index (χ2v) is 8.93.